The molecule has 1 heterocycles. The second kappa shape index (κ2) is 9.91. The van der Waals surface area contributed by atoms with Crippen LogP contribution in [-0.2, 0) is 37.5 Å². The van der Waals surface area contributed by atoms with Gasteiger partial charge in [0.15, 0.2) is 12.2 Å². The average molecular weight is 480 g/mol. The summed E-state index contributed by atoms with van der Waals surface area (Å²) >= 11 is 6.12. The standard InChI is InChI=1S/C12H17IO8S2/c1-5(14)17-4-8-9(21-23-13)10(18-6(2)15)11(12(22)20-8)19-7(3)16/h8-12,22H,4H2,1-3H3. The molecule has 1 aliphatic rings. The Morgan fingerprint density at radius 3 is 2.09 bits per heavy atom. The lowest BCUT2D eigenvalue weighted by Crippen LogP contribution is -2.60. The molecule has 0 bridgehead atoms. The first-order valence-corrected chi connectivity index (χ1v) is 10.3. The van der Waals surface area contributed by atoms with Gasteiger partial charge in [-0.05, 0) is 0 Å². The lowest BCUT2D eigenvalue weighted by atomic mass is 9.99. The van der Waals surface area contributed by atoms with Crippen LogP contribution in [0.3, 0.4) is 0 Å². The normalized spacial score (nSPS) is 30.4. The fraction of sp³-hybridized carbons (Fsp3) is 0.750. The van der Waals surface area contributed by atoms with E-state index < -0.39 is 47.8 Å². The minimum atomic E-state index is -0.957. The molecule has 5 atom stereocenters. The van der Waals surface area contributed by atoms with E-state index in [1.807, 2.05) is 21.2 Å². The molecule has 1 rings (SSSR count). The molecule has 5 unspecified atom stereocenters. The number of esters is 3. The van der Waals surface area contributed by atoms with Gasteiger partial charge in [0, 0.05) is 42.0 Å². The average Bonchev–Trinajstić information content (AvgIpc) is 2.43. The van der Waals surface area contributed by atoms with Gasteiger partial charge >= 0.3 is 17.9 Å². The van der Waals surface area contributed by atoms with Crippen molar-refractivity contribution in [2.24, 2.45) is 0 Å². The van der Waals surface area contributed by atoms with Crippen molar-refractivity contribution in [3.05, 3.63) is 0 Å². The van der Waals surface area contributed by atoms with E-state index >= 15 is 0 Å². The van der Waals surface area contributed by atoms with Crippen molar-refractivity contribution in [1.82, 2.24) is 0 Å². The lowest BCUT2D eigenvalue weighted by Gasteiger charge is -2.42. The Morgan fingerprint density at radius 2 is 1.61 bits per heavy atom. The van der Waals surface area contributed by atoms with Gasteiger partial charge in [0.25, 0.3) is 0 Å². The molecule has 11 heteroatoms. The molecule has 0 N–H and O–H groups in total. The third-order valence-electron chi connectivity index (χ3n) is 2.81. The summed E-state index contributed by atoms with van der Waals surface area (Å²) < 4.78 is 26.4. The summed E-state index contributed by atoms with van der Waals surface area (Å²) in [5.74, 6) is -1.64. The Hall–Kier alpha value is -0.240. The Balaban J connectivity index is 3.02. The van der Waals surface area contributed by atoms with Gasteiger partial charge in [-0.25, -0.2) is 0 Å². The molecule has 0 spiro atoms. The highest BCUT2D eigenvalue weighted by molar-refractivity contribution is 14.2. The molecule has 0 aliphatic carbocycles. The Labute approximate surface area is 155 Å². The molecule has 1 saturated heterocycles. The van der Waals surface area contributed by atoms with Gasteiger partial charge in [0.2, 0.25) is 0 Å². The van der Waals surface area contributed by atoms with Gasteiger partial charge in [-0.2, -0.15) is 0 Å². The molecule has 0 aromatic heterocycles. The van der Waals surface area contributed by atoms with Crippen LogP contribution in [0.25, 0.3) is 0 Å². The fourth-order valence-electron chi connectivity index (χ4n) is 2.03. The summed E-state index contributed by atoms with van der Waals surface area (Å²) in [6.45, 7) is 3.59. The van der Waals surface area contributed by atoms with Crippen molar-refractivity contribution >= 4 is 61.0 Å². The van der Waals surface area contributed by atoms with E-state index in [1.165, 1.54) is 20.8 Å². The summed E-state index contributed by atoms with van der Waals surface area (Å²) in [5.41, 5.74) is -0.872. The van der Waals surface area contributed by atoms with Gasteiger partial charge in [0.1, 0.15) is 24.3 Å². The fourth-order valence-corrected chi connectivity index (χ4v) is 3.45. The molecule has 0 aromatic rings. The molecule has 8 nitrogen and oxygen atoms in total. The van der Waals surface area contributed by atoms with E-state index in [9.17, 15) is 14.4 Å². The number of ether oxygens (including phenoxy) is 4. The highest BCUT2D eigenvalue weighted by Gasteiger charge is 2.50. The maximum Gasteiger partial charge on any atom is 0.303 e. The number of hydrogen-bond acceptors (Lipinski definition) is 10. The first-order valence-electron chi connectivity index (χ1n) is 6.51. The first-order chi connectivity index (χ1) is 10.8. The summed E-state index contributed by atoms with van der Waals surface area (Å²) in [5, 5.41) is 0. The molecular formula is C12H17IO8S2. The predicted octanol–water partition coefficient (Wildman–Crippen LogP) is 1.45. The van der Waals surface area contributed by atoms with Crippen molar-refractivity contribution < 1.29 is 37.5 Å². The Kier molecular flexibility index (Phi) is 8.97. The van der Waals surface area contributed by atoms with Crippen LogP contribution in [0.15, 0.2) is 0 Å². The zero-order valence-electron chi connectivity index (χ0n) is 12.6. The second-order valence-corrected chi connectivity index (χ2v) is 6.55. The predicted molar refractivity (Wildman–Crippen MR) is 91.9 cm³/mol. The first kappa shape index (κ1) is 20.8. The van der Waals surface area contributed by atoms with Crippen LogP contribution in [0.5, 0.6) is 0 Å². The maximum absolute atomic E-state index is 11.4. The van der Waals surface area contributed by atoms with E-state index in [1.54, 1.807) is 0 Å². The number of carbonyl (C=O) groups is 3. The topological polar surface area (TPSA) is 97.4 Å². The van der Waals surface area contributed by atoms with Crippen molar-refractivity contribution in [2.75, 3.05) is 6.61 Å². The quantitative estimate of drug-likeness (QED) is 0.199. The third-order valence-corrected chi connectivity index (χ3v) is 4.15. The van der Waals surface area contributed by atoms with Gasteiger partial charge in [0.05, 0.1) is 9.21 Å². The molecule has 23 heavy (non-hydrogen) atoms. The molecule has 0 amide bonds. The van der Waals surface area contributed by atoms with Crippen LogP contribution in [-0.4, -0.2) is 54.4 Å². The molecule has 132 valence electrons. The van der Waals surface area contributed by atoms with Gasteiger partial charge in [-0.15, -0.1) is 12.6 Å². The minimum Gasteiger partial charge on any atom is -0.463 e. The smallest absolute Gasteiger partial charge is 0.303 e. The van der Waals surface area contributed by atoms with Crippen molar-refractivity contribution in [3.63, 3.8) is 0 Å². The molecule has 1 aliphatic heterocycles. The van der Waals surface area contributed by atoms with Crippen LogP contribution in [0.4, 0.5) is 0 Å². The van der Waals surface area contributed by atoms with E-state index in [0.29, 0.717) is 0 Å². The minimum absolute atomic E-state index is 0.112. The number of halogens is 1. The van der Waals surface area contributed by atoms with Crippen LogP contribution in [0.1, 0.15) is 20.8 Å². The number of carbonyl (C=O) groups excluding carboxylic acids is 3. The maximum atomic E-state index is 11.4. The number of thiol groups is 1. The zero-order valence-corrected chi connectivity index (χ0v) is 16.5. The Bertz CT molecular complexity index is 449. The van der Waals surface area contributed by atoms with E-state index in [0.717, 1.165) is 9.21 Å². The van der Waals surface area contributed by atoms with Gasteiger partial charge in [-0.1, -0.05) is 0 Å². The second-order valence-electron chi connectivity index (χ2n) is 4.64. The van der Waals surface area contributed by atoms with Crippen LogP contribution >= 0.6 is 43.0 Å². The lowest BCUT2D eigenvalue weighted by molar-refractivity contribution is -0.223. The SMILES string of the molecule is CC(=O)OCC1OC(S)C(OC(C)=O)C(OC(C)=O)C1OSI. The molecular weight excluding hydrogens is 463 g/mol. The monoisotopic (exact) mass is 480 g/mol. The number of rotatable bonds is 6. The highest BCUT2D eigenvalue weighted by Crippen LogP contribution is 2.33. The third kappa shape index (κ3) is 6.64. The molecule has 0 radical (unpaired) electrons. The Morgan fingerprint density at radius 1 is 1.04 bits per heavy atom. The molecule has 1 fully saturated rings. The molecule has 0 aromatic carbocycles. The van der Waals surface area contributed by atoms with Gasteiger partial charge < -0.3 is 18.9 Å². The van der Waals surface area contributed by atoms with Crippen molar-refractivity contribution in [2.45, 2.75) is 50.6 Å². The summed E-state index contributed by atoms with van der Waals surface area (Å²) in [6, 6.07) is 0. The molecule has 0 saturated carbocycles. The van der Waals surface area contributed by atoms with E-state index in [2.05, 4.69) is 12.6 Å². The summed E-state index contributed by atoms with van der Waals surface area (Å²) in [7, 11) is 0.992. The van der Waals surface area contributed by atoms with Crippen LogP contribution in [0.2, 0.25) is 0 Å². The van der Waals surface area contributed by atoms with Crippen LogP contribution < -0.4 is 0 Å². The van der Waals surface area contributed by atoms with Crippen LogP contribution in [0, 0.1) is 0 Å². The summed E-state index contributed by atoms with van der Waals surface area (Å²) in [6.07, 6.45) is -3.45. The van der Waals surface area contributed by atoms with E-state index in [-0.39, 0.29) is 6.61 Å². The van der Waals surface area contributed by atoms with Crippen molar-refractivity contribution in [1.29, 1.82) is 0 Å². The number of hydrogen-bond donors (Lipinski definition) is 1. The largest absolute Gasteiger partial charge is 0.463 e. The van der Waals surface area contributed by atoms with Crippen molar-refractivity contribution in [3.8, 4) is 0 Å². The summed E-state index contributed by atoms with van der Waals surface area (Å²) in [4.78, 5) is 33.7. The zero-order chi connectivity index (χ0) is 17.6. The highest BCUT2D eigenvalue weighted by atomic mass is 127. The van der Waals surface area contributed by atoms with Gasteiger partial charge in [-0.3, -0.25) is 18.6 Å². The van der Waals surface area contributed by atoms with E-state index in [4.69, 9.17) is 23.1 Å².